The van der Waals surface area contributed by atoms with Gasteiger partial charge in [0.15, 0.2) is 0 Å². The van der Waals surface area contributed by atoms with Gasteiger partial charge in [0, 0.05) is 19.4 Å². The van der Waals surface area contributed by atoms with E-state index in [9.17, 15) is 5.11 Å². The Balaban J connectivity index is 1.61. The molecule has 0 unspecified atom stereocenters. The number of aliphatic hydroxyl groups is 1. The zero-order valence-corrected chi connectivity index (χ0v) is 9.67. The van der Waals surface area contributed by atoms with E-state index in [-0.39, 0.29) is 36.6 Å². The summed E-state index contributed by atoms with van der Waals surface area (Å²) in [5.41, 5.74) is 0. The van der Waals surface area contributed by atoms with Gasteiger partial charge in [-0.15, -0.1) is 0 Å². The minimum absolute atomic E-state index is 0.0548. The molecule has 3 saturated heterocycles. The molecule has 0 bridgehead atoms. The van der Waals surface area contributed by atoms with Crippen molar-refractivity contribution >= 4 is 0 Å². The molecule has 0 aromatic heterocycles. The topological polar surface area (TPSA) is 47.9 Å². The fourth-order valence-electron chi connectivity index (χ4n) is 3.03. The van der Waals surface area contributed by atoms with Crippen LogP contribution in [0.1, 0.15) is 32.6 Å². The van der Waals surface area contributed by atoms with Crippen LogP contribution in [0.3, 0.4) is 0 Å². The quantitative estimate of drug-likeness (QED) is 0.723. The van der Waals surface area contributed by atoms with Crippen LogP contribution in [0.25, 0.3) is 0 Å². The minimum Gasteiger partial charge on any atom is -0.390 e. The van der Waals surface area contributed by atoms with Gasteiger partial charge >= 0.3 is 0 Å². The Morgan fingerprint density at radius 3 is 2.50 bits per heavy atom. The van der Waals surface area contributed by atoms with Gasteiger partial charge in [-0.2, -0.15) is 0 Å². The van der Waals surface area contributed by atoms with E-state index >= 15 is 0 Å². The van der Waals surface area contributed by atoms with E-state index in [0.29, 0.717) is 6.42 Å². The molecule has 3 rings (SSSR count). The van der Waals surface area contributed by atoms with Crippen molar-refractivity contribution in [2.45, 2.75) is 69.2 Å². The Hall–Kier alpha value is -0.160. The lowest BCUT2D eigenvalue weighted by molar-refractivity contribution is -0.0887. The summed E-state index contributed by atoms with van der Waals surface area (Å²) < 4.78 is 17.4. The van der Waals surface area contributed by atoms with E-state index in [1.165, 1.54) is 0 Å². The Kier molecular flexibility index (Phi) is 2.92. The molecule has 1 N–H and O–H groups in total. The van der Waals surface area contributed by atoms with Crippen molar-refractivity contribution < 1.29 is 19.3 Å². The van der Waals surface area contributed by atoms with Crippen LogP contribution in [0, 0.1) is 0 Å². The van der Waals surface area contributed by atoms with Gasteiger partial charge in [0.05, 0.1) is 36.6 Å². The third-order valence-corrected chi connectivity index (χ3v) is 4.01. The van der Waals surface area contributed by atoms with E-state index in [0.717, 1.165) is 25.9 Å². The van der Waals surface area contributed by atoms with Gasteiger partial charge in [0.2, 0.25) is 0 Å². The van der Waals surface area contributed by atoms with Crippen LogP contribution in [0.4, 0.5) is 0 Å². The van der Waals surface area contributed by atoms with Crippen LogP contribution in [0.15, 0.2) is 0 Å². The first-order valence-electron chi connectivity index (χ1n) is 6.34. The van der Waals surface area contributed by atoms with Crippen molar-refractivity contribution in [3.05, 3.63) is 0 Å². The van der Waals surface area contributed by atoms with E-state index in [1.807, 2.05) is 6.92 Å². The lowest BCUT2D eigenvalue weighted by Crippen LogP contribution is -2.29. The second-order valence-corrected chi connectivity index (χ2v) is 5.18. The lowest BCUT2D eigenvalue weighted by atomic mass is 10.0. The third-order valence-electron chi connectivity index (χ3n) is 4.01. The maximum atomic E-state index is 9.68. The zero-order chi connectivity index (χ0) is 11.1. The number of aliphatic hydroxyl groups excluding tert-OH is 1. The predicted molar refractivity (Wildman–Crippen MR) is 57.2 cm³/mol. The molecule has 0 aromatic rings. The number of fused-ring (bicyclic) bond motifs is 1. The molecule has 0 amide bonds. The summed E-state index contributed by atoms with van der Waals surface area (Å²) in [6.45, 7) is 2.78. The highest BCUT2D eigenvalue weighted by atomic mass is 16.6. The van der Waals surface area contributed by atoms with Crippen molar-refractivity contribution in [3.8, 4) is 0 Å². The molecule has 4 nitrogen and oxygen atoms in total. The summed E-state index contributed by atoms with van der Waals surface area (Å²) in [4.78, 5) is 0. The molecular weight excluding hydrogens is 208 g/mol. The highest BCUT2D eigenvalue weighted by molar-refractivity contribution is 4.93. The fraction of sp³-hybridized carbons (Fsp3) is 1.00. The largest absolute Gasteiger partial charge is 0.390 e. The minimum atomic E-state index is -0.336. The van der Waals surface area contributed by atoms with Gasteiger partial charge < -0.3 is 19.3 Å². The second-order valence-electron chi connectivity index (χ2n) is 5.18. The summed E-state index contributed by atoms with van der Waals surface area (Å²) in [6, 6.07) is 0. The highest BCUT2D eigenvalue weighted by Gasteiger charge is 2.45. The van der Waals surface area contributed by atoms with E-state index in [2.05, 4.69) is 0 Å². The van der Waals surface area contributed by atoms with Crippen LogP contribution in [0.5, 0.6) is 0 Å². The van der Waals surface area contributed by atoms with Gasteiger partial charge in [-0.05, 0) is 19.8 Å². The normalized spacial score (nSPS) is 52.9. The van der Waals surface area contributed by atoms with Crippen LogP contribution in [-0.2, 0) is 14.2 Å². The Bertz CT molecular complexity index is 233. The predicted octanol–water partition coefficient (Wildman–Crippen LogP) is 0.861. The van der Waals surface area contributed by atoms with Crippen molar-refractivity contribution in [1.29, 1.82) is 0 Å². The van der Waals surface area contributed by atoms with Gasteiger partial charge in [-0.25, -0.2) is 0 Å². The van der Waals surface area contributed by atoms with E-state index < -0.39 is 0 Å². The zero-order valence-electron chi connectivity index (χ0n) is 9.67. The molecule has 16 heavy (non-hydrogen) atoms. The maximum absolute atomic E-state index is 9.68. The SMILES string of the molecule is C[C@@H]1O[C@@H]([C@@H]2C[C@@H]3OCCC[C@H]3O2)C[C@H]1O. The second kappa shape index (κ2) is 4.26. The van der Waals surface area contributed by atoms with E-state index in [4.69, 9.17) is 14.2 Å². The Morgan fingerprint density at radius 2 is 1.81 bits per heavy atom. The molecular formula is C12H20O4. The maximum Gasteiger partial charge on any atom is 0.0868 e. The third kappa shape index (κ3) is 1.88. The number of ether oxygens (including phenoxy) is 3. The lowest BCUT2D eigenvalue weighted by Gasteiger charge is -2.24. The smallest absolute Gasteiger partial charge is 0.0868 e. The Morgan fingerprint density at radius 1 is 1.00 bits per heavy atom. The molecule has 0 aromatic carbocycles. The van der Waals surface area contributed by atoms with Crippen LogP contribution in [-0.4, -0.2) is 48.3 Å². The van der Waals surface area contributed by atoms with Crippen LogP contribution < -0.4 is 0 Å². The monoisotopic (exact) mass is 228 g/mol. The van der Waals surface area contributed by atoms with Gasteiger partial charge in [-0.1, -0.05) is 0 Å². The molecule has 0 saturated carbocycles. The molecule has 6 atom stereocenters. The first-order chi connectivity index (χ1) is 7.74. The summed E-state index contributed by atoms with van der Waals surface area (Å²) in [5.74, 6) is 0. The van der Waals surface area contributed by atoms with Crippen molar-refractivity contribution in [2.24, 2.45) is 0 Å². The molecule has 3 heterocycles. The molecule has 0 radical (unpaired) electrons. The van der Waals surface area contributed by atoms with E-state index in [1.54, 1.807) is 0 Å². The molecule has 0 spiro atoms. The standard InChI is InChI=1S/C12H20O4/c1-7-8(13)5-11(15-7)12-6-10-9(16-12)3-2-4-14-10/h7-13H,2-6H2,1H3/t7-,8+,9+,10-,11+,12-/m0/s1. The first kappa shape index (κ1) is 11.0. The van der Waals surface area contributed by atoms with Crippen molar-refractivity contribution in [2.75, 3.05) is 6.61 Å². The molecule has 0 aliphatic carbocycles. The van der Waals surface area contributed by atoms with Gasteiger partial charge in [0.25, 0.3) is 0 Å². The molecule has 3 aliphatic heterocycles. The van der Waals surface area contributed by atoms with Gasteiger partial charge in [0.1, 0.15) is 0 Å². The van der Waals surface area contributed by atoms with Gasteiger partial charge in [-0.3, -0.25) is 0 Å². The average molecular weight is 228 g/mol. The Labute approximate surface area is 95.9 Å². The number of hydrogen-bond donors (Lipinski definition) is 1. The highest BCUT2D eigenvalue weighted by Crippen LogP contribution is 2.35. The van der Waals surface area contributed by atoms with Crippen LogP contribution >= 0.6 is 0 Å². The molecule has 3 fully saturated rings. The summed E-state index contributed by atoms with van der Waals surface area (Å²) in [7, 11) is 0. The molecule has 4 heteroatoms. The average Bonchev–Trinajstić information content (AvgIpc) is 2.83. The fourth-order valence-corrected chi connectivity index (χ4v) is 3.03. The van der Waals surface area contributed by atoms with Crippen molar-refractivity contribution in [1.82, 2.24) is 0 Å². The summed E-state index contributed by atoms with van der Waals surface area (Å²) in [6.07, 6.45) is 4.12. The first-order valence-corrected chi connectivity index (χ1v) is 6.34. The summed E-state index contributed by atoms with van der Waals surface area (Å²) in [5, 5.41) is 9.68. The van der Waals surface area contributed by atoms with Crippen molar-refractivity contribution in [3.63, 3.8) is 0 Å². The molecule has 3 aliphatic rings. The number of hydrogen-bond acceptors (Lipinski definition) is 4. The van der Waals surface area contributed by atoms with Crippen LogP contribution in [0.2, 0.25) is 0 Å². The molecule has 92 valence electrons. The number of rotatable bonds is 1. The summed E-state index contributed by atoms with van der Waals surface area (Å²) >= 11 is 0.